The van der Waals surface area contributed by atoms with Crippen molar-refractivity contribution in [1.82, 2.24) is 5.06 Å². The van der Waals surface area contributed by atoms with Crippen LogP contribution in [0.1, 0.15) is 92.4 Å². The Morgan fingerprint density at radius 2 is 1.57 bits per heavy atom. The molecule has 1 aliphatic heterocycles. The monoisotopic (exact) mass is 415 g/mol. The van der Waals surface area contributed by atoms with E-state index in [2.05, 4.69) is 6.92 Å². The lowest BCUT2D eigenvalue weighted by molar-refractivity contribution is -0.139. The third-order valence-electron chi connectivity index (χ3n) is 5.09. The number of unbranched alkanes of at least 4 members (excludes halogenated alkanes) is 6. The summed E-state index contributed by atoms with van der Waals surface area (Å²) in [5.41, 5.74) is 0.755. The average Bonchev–Trinajstić information content (AvgIpc) is 2.97. The summed E-state index contributed by atoms with van der Waals surface area (Å²) in [6.07, 6.45) is 12.9. The molecule has 1 unspecified atom stereocenters. The van der Waals surface area contributed by atoms with Gasteiger partial charge in [-0.05, 0) is 25.0 Å². The molecule has 1 aromatic carbocycles. The lowest BCUT2D eigenvalue weighted by Gasteiger charge is -2.21. The van der Waals surface area contributed by atoms with Gasteiger partial charge in [0.15, 0.2) is 0 Å². The number of nitrogens with zero attached hydrogens (tertiary/aromatic N) is 1. The molecular weight excluding hydrogens is 382 g/mol. The van der Waals surface area contributed by atoms with Gasteiger partial charge in [-0.25, -0.2) is 0 Å². The molecular formula is C24H33NO5. The van der Waals surface area contributed by atoms with E-state index in [1.54, 1.807) is 30.3 Å². The van der Waals surface area contributed by atoms with Crippen LogP contribution in [0.4, 0.5) is 0 Å². The van der Waals surface area contributed by atoms with Gasteiger partial charge in [-0.3, -0.25) is 19.2 Å². The zero-order chi connectivity index (χ0) is 21.8. The lowest BCUT2D eigenvalue weighted by Crippen LogP contribution is -2.34. The molecule has 0 aliphatic carbocycles. The quantitative estimate of drug-likeness (QED) is 0.180. The number of rotatable bonds is 14. The summed E-state index contributed by atoms with van der Waals surface area (Å²) >= 11 is 0. The van der Waals surface area contributed by atoms with Crippen molar-refractivity contribution in [3.8, 4) is 0 Å². The second kappa shape index (κ2) is 13.0. The third-order valence-corrected chi connectivity index (χ3v) is 5.09. The fourth-order valence-electron chi connectivity index (χ4n) is 3.44. The Balaban J connectivity index is 1.89. The Morgan fingerprint density at radius 3 is 2.17 bits per heavy atom. The van der Waals surface area contributed by atoms with Gasteiger partial charge in [0.1, 0.15) is 6.61 Å². The first-order chi connectivity index (χ1) is 14.5. The van der Waals surface area contributed by atoms with Gasteiger partial charge in [-0.2, -0.15) is 0 Å². The summed E-state index contributed by atoms with van der Waals surface area (Å²) in [7, 11) is 0. The van der Waals surface area contributed by atoms with Gasteiger partial charge in [0, 0.05) is 6.92 Å². The Hall–Kier alpha value is -2.47. The molecule has 0 aromatic heterocycles. The number of imide groups is 1. The van der Waals surface area contributed by atoms with E-state index >= 15 is 0 Å². The van der Waals surface area contributed by atoms with Crippen LogP contribution in [0.15, 0.2) is 36.4 Å². The third kappa shape index (κ3) is 7.41. The van der Waals surface area contributed by atoms with Crippen LogP contribution in [-0.2, 0) is 14.4 Å². The maximum absolute atomic E-state index is 12.6. The number of amides is 2. The van der Waals surface area contributed by atoms with Crippen LogP contribution >= 0.6 is 0 Å². The minimum absolute atomic E-state index is 0.201. The molecule has 0 bridgehead atoms. The number of hydroxylamine groups is 2. The number of fused-ring (bicyclic) bond motifs is 1. The summed E-state index contributed by atoms with van der Waals surface area (Å²) < 4.78 is 4.89. The summed E-state index contributed by atoms with van der Waals surface area (Å²) in [4.78, 5) is 41.9. The van der Waals surface area contributed by atoms with E-state index in [4.69, 9.17) is 9.57 Å². The van der Waals surface area contributed by atoms with Gasteiger partial charge in [0.2, 0.25) is 0 Å². The van der Waals surface area contributed by atoms with Crippen molar-refractivity contribution in [2.45, 2.75) is 77.7 Å². The highest BCUT2D eigenvalue weighted by molar-refractivity contribution is 6.20. The number of esters is 1. The second-order valence-corrected chi connectivity index (χ2v) is 7.60. The zero-order valence-electron chi connectivity index (χ0n) is 18.1. The van der Waals surface area contributed by atoms with Crippen molar-refractivity contribution in [3.05, 3.63) is 47.5 Å². The normalized spacial score (nSPS) is 14.4. The zero-order valence-corrected chi connectivity index (χ0v) is 18.1. The number of carbonyl (C=O) groups excluding carboxylic acids is 3. The molecule has 0 saturated heterocycles. The van der Waals surface area contributed by atoms with Crippen LogP contribution in [0, 0.1) is 0 Å². The van der Waals surface area contributed by atoms with Gasteiger partial charge in [0.25, 0.3) is 11.8 Å². The number of hydrogen-bond donors (Lipinski definition) is 0. The minimum Gasteiger partial charge on any atom is -0.462 e. The number of ether oxygens (including phenoxy) is 1. The van der Waals surface area contributed by atoms with Crippen LogP contribution in [-0.4, -0.2) is 35.6 Å². The summed E-state index contributed by atoms with van der Waals surface area (Å²) in [6.45, 7) is 3.77. The second-order valence-electron chi connectivity index (χ2n) is 7.60. The average molecular weight is 416 g/mol. The number of carbonyl (C=O) groups is 3. The van der Waals surface area contributed by atoms with Gasteiger partial charge in [0.05, 0.1) is 17.2 Å². The van der Waals surface area contributed by atoms with Gasteiger partial charge in [-0.15, -0.1) is 5.06 Å². The molecule has 2 rings (SSSR count). The lowest BCUT2D eigenvalue weighted by atomic mass is 10.0. The highest BCUT2D eigenvalue weighted by Crippen LogP contribution is 2.25. The highest BCUT2D eigenvalue weighted by atomic mass is 16.7. The molecule has 1 aromatic rings. The van der Waals surface area contributed by atoms with Crippen molar-refractivity contribution in [2.75, 3.05) is 6.61 Å². The van der Waals surface area contributed by atoms with Crippen LogP contribution in [0.5, 0.6) is 0 Å². The van der Waals surface area contributed by atoms with E-state index in [1.165, 1.54) is 39.0 Å². The van der Waals surface area contributed by atoms with Crippen molar-refractivity contribution < 1.29 is 24.0 Å². The fourth-order valence-corrected chi connectivity index (χ4v) is 3.44. The first-order valence-corrected chi connectivity index (χ1v) is 11.0. The topological polar surface area (TPSA) is 72.9 Å². The van der Waals surface area contributed by atoms with E-state index in [-0.39, 0.29) is 18.7 Å². The van der Waals surface area contributed by atoms with Crippen LogP contribution in [0.3, 0.4) is 0 Å². The van der Waals surface area contributed by atoms with Crippen LogP contribution < -0.4 is 0 Å². The molecule has 1 heterocycles. The smallest absolute Gasteiger partial charge is 0.302 e. The Morgan fingerprint density at radius 1 is 0.967 bits per heavy atom. The predicted octanol–water partition coefficient (Wildman–Crippen LogP) is 5.23. The number of hydrogen-bond acceptors (Lipinski definition) is 5. The van der Waals surface area contributed by atoms with E-state index in [9.17, 15) is 14.4 Å². The summed E-state index contributed by atoms with van der Waals surface area (Å²) in [5, 5.41) is 0.899. The van der Waals surface area contributed by atoms with E-state index in [0.717, 1.165) is 24.3 Å². The van der Waals surface area contributed by atoms with Crippen molar-refractivity contribution >= 4 is 17.8 Å². The van der Waals surface area contributed by atoms with Gasteiger partial charge in [-0.1, -0.05) is 76.2 Å². The molecule has 0 N–H and O–H groups in total. The van der Waals surface area contributed by atoms with E-state index in [1.807, 2.05) is 6.08 Å². The van der Waals surface area contributed by atoms with Crippen molar-refractivity contribution in [3.63, 3.8) is 0 Å². The molecule has 0 fully saturated rings. The molecule has 0 saturated carbocycles. The van der Waals surface area contributed by atoms with Crippen molar-refractivity contribution in [1.29, 1.82) is 0 Å². The largest absolute Gasteiger partial charge is 0.462 e. The molecule has 6 nitrogen and oxygen atoms in total. The molecule has 0 spiro atoms. The highest BCUT2D eigenvalue weighted by Gasteiger charge is 2.37. The molecule has 30 heavy (non-hydrogen) atoms. The Labute approximate surface area is 179 Å². The Kier molecular flexibility index (Phi) is 10.3. The SMILES string of the molecule is CCCCCCCCCC(C/C=C/COC(C)=O)ON1C(=O)c2ccccc2C1=O. The molecule has 1 aliphatic rings. The van der Waals surface area contributed by atoms with E-state index in [0.29, 0.717) is 17.5 Å². The molecule has 6 heteroatoms. The first-order valence-electron chi connectivity index (χ1n) is 11.0. The van der Waals surface area contributed by atoms with Gasteiger partial charge >= 0.3 is 5.97 Å². The summed E-state index contributed by atoms with van der Waals surface area (Å²) in [5.74, 6) is -1.16. The minimum atomic E-state index is -0.413. The maximum Gasteiger partial charge on any atom is 0.302 e. The fraction of sp³-hybridized carbons (Fsp3) is 0.542. The number of benzene rings is 1. The standard InChI is InChI=1S/C24H33NO5/c1-3-4-5-6-7-8-9-14-20(15-12-13-18-29-19(2)26)30-25-23(27)21-16-10-11-17-22(21)24(25)28/h10-13,16-17,20H,3-9,14-15,18H2,1-2H3/b13-12+. The summed E-state index contributed by atoms with van der Waals surface area (Å²) in [6, 6.07) is 6.76. The van der Waals surface area contributed by atoms with Crippen molar-refractivity contribution in [2.24, 2.45) is 0 Å². The van der Waals surface area contributed by atoms with E-state index < -0.39 is 11.8 Å². The van der Waals surface area contributed by atoms with Crippen LogP contribution in [0.2, 0.25) is 0 Å². The molecule has 164 valence electrons. The molecule has 0 radical (unpaired) electrons. The predicted molar refractivity (Wildman–Crippen MR) is 115 cm³/mol. The van der Waals surface area contributed by atoms with Crippen LogP contribution in [0.25, 0.3) is 0 Å². The first kappa shape index (κ1) is 23.8. The maximum atomic E-state index is 12.6. The van der Waals surface area contributed by atoms with Gasteiger partial charge < -0.3 is 4.74 Å². The molecule has 1 atom stereocenters. The molecule has 2 amide bonds. The Bertz CT molecular complexity index is 708.